The molecule has 0 aliphatic carbocycles. The molecule has 0 aromatic heterocycles. The van der Waals surface area contributed by atoms with E-state index < -0.39 is 8.32 Å². The van der Waals surface area contributed by atoms with Crippen molar-refractivity contribution >= 4 is 8.32 Å². The summed E-state index contributed by atoms with van der Waals surface area (Å²) >= 11 is 0. The maximum absolute atomic E-state index is 6.03. The molecule has 0 N–H and O–H groups in total. The predicted molar refractivity (Wildman–Crippen MR) is 57.7 cm³/mol. The van der Waals surface area contributed by atoms with Crippen molar-refractivity contribution in [3.8, 4) is 0 Å². The van der Waals surface area contributed by atoms with Crippen LogP contribution in [-0.4, -0.2) is 14.4 Å². The van der Waals surface area contributed by atoms with Gasteiger partial charge in [0.15, 0.2) is 8.32 Å². The van der Waals surface area contributed by atoms with Gasteiger partial charge in [0, 0.05) is 6.10 Å². The Morgan fingerprint density at radius 2 is 1.75 bits per heavy atom. The van der Waals surface area contributed by atoms with Crippen LogP contribution in [0.15, 0.2) is 0 Å². The van der Waals surface area contributed by atoms with Crippen LogP contribution in [0.4, 0.5) is 0 Å². The zero-order valence-corrected chi connectivity index (χ0v) is 10.4. The Morgan fingerprint density at radius 1 is 1.33 bits per heavy atom. The highest BCUT2D eigenvalue weighted by atomic mass is 28.4. The van der Waals surface area contributed by atoms with Crippen LogP contribution in [0, 0.1) is 6.92 Å². The molecule has 0 rings (SSSR count). The smallest absolute Gasteiger partial charge is 0.192 e. The summed E-state index contributed by atoms with van der Waals surface area (Å²) in [6, 6.07) is 0. The van der Waals surface area contributed by atoms with Gasteiger partial charge in [0.2, 0.25) is 0 Å². The number of hydrogen-bond donors (Lipinski definition) is 0. The lowest BCUT2D eigenvalue weighted by molar-refractivity contribution is 0.201. The number of hydrogen-bond acceptors (Lipinski definition) is 1. The first-order valence-corrected chi connectivity index (χ1v) is 7.58. The summed E-state index contributed by atoms with van der Waals surface area (Å²) in [6.45, 7) is 17.3. The van der Waals surface area contributed by atoms with Crippen LogP contribution in [0.3, 0.4) is 0 Å². The summed E-state index contributed by atoms with van der Waals surface area (Å²) in [5.74, 6) is 0. The van der Waals surface area contributed by atoms with Gasteiger partial charge in [0.05, 0.1) is 0 Å². The highest BCUT2D eigenvalue weighted by Gasteiger charge is 2.37. The molecule has 0 bridgehead atoms. The maximum atomic E-state index is 6.03. The Kier molecular flexibility index (Phi) is 3.98. The third-order valence-electron chi connectivity index (χ3n) is 2.71. The van der Waals surface area contributed by atoms with E-state index in [2.05, 4.69) is 47.7 Å². The molecule has 0 aliphatic heterocycles. The lowest BCUT2D eigenvalue weighted by Crippen LogP contribution is -2.43. The molecular weight excluding hydrogens is 164 g/mol. The van der Waals surface area contributed by atoms with Crippen molar-refractivity contribution in [1.82, 2.24) is 0 Å². The molecule has 1 unspecified atom stereocenters. The third kappa shape index (κ3) is 3.28. The van der Waals surface area contributed by atoms with Crippen LogP contribution in [0.5, 0.6) is 0 Å². The van der Waals surface area contributed by atoms with Gasteiger partial charge in [-0.2, -0.15) is 0 Å². The summed E-state index contributed by atoms with van der Waals surface area (Å²) in [5, 5.41) is 0.316. The molecule has 0 aromatic rings. The fourth-order valence-corrected chi connectivity index (χ4v) is 2.22. The molecule has 0 spiro atoms. The topological polar surface area (TPSA) is 9.23 Å². The molecule has 0 heterocycles. The lowest BCUT2D eigenvalue weighted by Gasteiger charge is -2.38. The van der Waals surface area contributed by atoms with Gasteiger partial charge in [-0.3, -0.25) is 0 Å². The van der Waals surface area contributed by atoms with Crippen molar-refractivity contribution in [3.63, 3.8) is 0 Å². The van der Waals surface area contributed by atoms with Crippen molar-refractivity contribution in [2.24, 2.45) is 0 Å². The van der Waals surface area contributed by atoms with Crippen LogP contribution in [0.2, 0.25) is 18.1 Å². The molecule has 1 atom stereocenters. The molecule has 12 heavy (non-hydrogen) atoms. The molecule has 0 fully saturated rings. The normalized spacial score (nSPS) is 16.2. The second kappa shape index (κ2) is 3.92. The van der Waals surface area contributed by atoms with Gasteiger partial charge < -0.3 is 4.43 Å². The molecule has 73 valence electrons. The largest absolute Gasteiger partial charge is 0.414 e. The monoisotopic (exact) mass is 187 g/mol. The van der Waals surface area contributed by atoms with Crippen molar-refractivity contribution in [1.29, 1.82) is 0 Å². The lowest BCUT2D eigenvalue weighted by atomic mass is 10.2. The summed E-state index contributed by atoms with van der Waals surface area (Å²) in [7, 11) is -1.53. The average molecular weight is 187 g/mol. The molecule has 0 aromatic carbocycles. The van der Waals surface area contributed by atoms with E-state index in [0.717, 1.165) is 6.42 Å². The molecular formula is C10H23OSi. The van der Waals surface area contributed by atoms with E-state index in [-0.39, 0.29) is 0 Å². The summed E-state index contributed by atoms with van der Waals surface area (Å²) in [5.41, 5.74) is 0. The Bertz CT molecular complexity index is 135. The van der Waals surface area contributed by atoms with Crippen LogP contribution >= 0.6 is 0 Å². The molecule has 0 saturated carbocycles. The second-order valence-corrected chi connectivity index (χ2v) is 9.73. The molecule has 0 aliphatic rings. The zero-order valence-electron chi connectivity index (χ0n) is 9.40. The zero-order chi connectivity index (χ0) is 9.99. The van der Waals surface area contributed by atoms with Gasteiger partial charge in [-0.1, -0.05) is 27.7 Å². The Balaban J connectivity index is 4.22. The third-order valence-corrected chi connectivity index (χ3v) is 7.31. The van der Waals surface area contributed by atoms with Gasteiger partial charge in [-0.15, -0.1) is 0 Å². The minimum absolute atomic E-state index is 0.311. The average Bonchev–Trinajstić information content (AvgIpc) is 1.84. The van der Waals surface area contributed by atoms with Crippen LogP contribution < -0.4 is 0 Å². The Labute approximate surface area is 78.6 Å². The highest BCUT2D eigenvalue weighted by Crippen LogP contribution is 2.37. The van der Waals surface area contributed by atoms with Gasteiger partial charge >= 0.3 is 0 Å². The van der Waals surface area contributed by atoms with Gasteiger partial charge in [-0.25, -0.2) is 0 Å². The molecule has 1 radical (unpaired) electrons. The first-order valence-electron chi connectivity index (χ1n) is 4.68. The first kappa shape index (κ1) is 12.2. The van der Waals surface area contributed by atoms with E-state index in [1.54, 1.807) is 0 Å². The van der Waals surface area contributed by atoms with Gasteiger partial charge in [-0.05, 0) is 31.5 Å². The maximum Gasteiger partial charge on any atom is 0.192 e. The fourth-order valence-electron chi connectivity index (χ4n) is 0.739. The van der Waals surface area contributed by atoms with Crippen molar-refractivity contribution in [2.45, 2.75) is 58.4 Å². The van der Waals surface area contributed by atoms with Crippen molar-refractivity contribution in [2.75, 3.05) is 0 Å². The molecule has 0 amide bonds. The summed E-state index contributed by atoms with van der Waals surface area (Å²) in [4.78, 5) is 0. The Morgan fingerprint density at radius 3 is 2.00 bits per heavy atom. The van der Waals surface area contributed by atoms with Gasteiger partial charge in [0.1, 0.15) is 0 Å². The van der Waals surface area contributed by atoms with E-state index in [4.69, 9.17) is 4.43 Å². The van der Waals surface area contributed by atoms with E-state index in [9.17, 15) is 0 Å². The minimum Gasteiger partial charge on any atom is -0.414 e. The van der Waals surface area contributed by atoms with Crippen LogP contribution in [0.25, 0.3) is 0 Å². The summed E-state index contributed by atoms with van der Waals surface area (Å²) < 4.78 is 6.03. The van der Waals surface area contributed by atoms with E-state index >= 15 is 0 Å². The standard InChI is InChI=1S/C10H23OSi/c1-8-9(2)11-12(6,7)10(3,4)5/h9H,1,8H2,2-7H3. The van der Waals surface area contributed by atoms with Gasteiger partial charge in [0.25, 0.3) is 0 Å². The second-order valence-electron chi connectivity index (χ2n) is 4.98. The predicted octanol–water partition coefficient (Wildman–Crippen LogP) is 3.62. The Hall–Kier alpha value is 0.177. The van der Waals surface area contributed by atoms with Crippen LogP contribution in [0.1, 0.15) is 34.1 Å². The van der Waals surface area contributed by atoms with Crippen molar-refractivity contribution < 1.29 is 4.43 Å². The van der Waals surface area contributed by atoms with E-state index in [0.29, 0.717) is 11.1 Å². The van der Waals surface area contributed by atoms with Crippen LogP contribution in [-0.2, 0) is 4.43 Å². The fraction of sp³-hybridized carbons (Fsp3) is 0.900. The van der Waals surface area contributed by atoms with E-state index in [1.807, 2.05) is 0 Å². The van der Waals surface area contributed by atoms with Crippen molar-refractivity contribution in [3.05, 3.63) is 6.92 Å². The molecule has 1 nitrogen and oxygen atoms in total. The van der Waals surface area contributed by atoms with E-state index in [1.165, 1.54) is 0 Å². The SMILES string of the molecule is [CH2]CC(C)O[Si](C)(C)C(C)(C)C. The molecule has 2 heteroatoms. The summed E-state index contributed by atoms with van der Waals surface area (Å²) in [6.07, 6.45) is 1.18. The molecule has 0 saturated heterocycles. The highest BCUT2D eigenvalue weighted by molar-refractivity contribution is 6.74. The number of rotatable bonds is 3. The first-order chi connectivity index (χ1) is 5.20. The minimum atomic E-state index is -1.53. The quantitative estimate of drug-likeness (QED) is 0.613.